The summed E-state index contributed by atoms with van der Waals surface area (Å²) in [5, 5.41) is 3.33. The highest BCUT2D eigenvalue weighted by molar-refractivity contribution is 7.19. The Morgan fingerprint density at radius 3 is 2.17 bits per heavy atom. The minimum Gasteiger partial charge on any atom is -0.497 e. The number of rotatable bonds is 10. The predicted molar refractivity (Wildman–Crippen MR) is 141 cm³/mol. The van der Waals surface area contributed by atoms with Gasteiger partial charge in [0.05, 0.1) is 37.5 Å². The molecule has 0 saturated carbocycles. The monoisotopic (exact) mass is 502 g/mol. The molecule has 4 rings (SSSR count). The minimum absolute atomic E-state index is 0.0112. The Labute approximate surface area is 213 Å². The fraction of sp³-hybridized carbons (Fsp3) is 0.179. The molecule has 1 heterocycles. The molecule has 1 aromatic heterocycles. The standard InChI is InChI=1S/C28H26N2O5S/c1-33-20-11-9-19(10-12-20)27-26(18-7-5-4-6-8-18)30-28(36-27)29-25(32)16-14-23(31)22-17-21(34-2)13-15-24(22)35-3/h4-13,15,17H,14,16H2,1-3H3,(H,29,30,32). The summed E-state index contributed by atoms with van der Waals surface area (Å²) in [6, 6.07) is 22.5. The molecule has 0 aliphatic carbocycles. The zero-order valence-electron chi connectivity index (χ0n) is 20.2. The Morgan fingerprint density at radius 1 is 0.806 bits per heavy atom. The Bertz CT molecular complexity index is 1350. The van der Waals surface area contributed by atoms with Gasteiger partial charge in [0.2, 0.25) is 5.91 Å². The number of hydrogen-bond donors (Lipinski definition) is 1. The lowest BCUT2D eigenvalue weighted by molar-refractivity contribution is -0.116. The lowest BCUT2D eigenvalue weighted by Crippen LogP contribution is -2.13. The van der Waals surface area contributed by atoms with Crippen LogP contribution in [0.3, 0.4) is 0 Å². The van der Waals surface area contributed by atoms with Gasteiger partial charge in [-0.3, -0.25) is 9.59 Å². The van der Waals surface area contributed by atoms with Crippen molar-refractivity contribution in [3.63, 3.8) is 0 Å². The van der Waals surface area contributed by atoms with Crippen molar-refractivity contribution in [3.8, 4) is 38.9 Å². The maximum atomic E-state index is 12.8. The topological polar surface area (TPSA) is 86.8 Å². The number of carbonyl (C=O) groups is 2. The molecule has 8 heteroatoms. The number of methoxy groups -OCH3 is 3. The lowest BCUT2D eigenvalue weighted by atomic mass is 10.0. The summed E-state index contributed by atoms with van der Waals surface area (Å²) in [5.41, 5.74) is 3.07. The molecule has 0 spiro atoms. The first-order valence-electron chi connectivity index (χ1n) is 11.3. The van der Waals surface area contributed by atoms with E-state index in [0.29, 0.717) is 22.2 Å². The SMILES string of the molecule is COc1ccc(-c2sc(NC(=O)CCC(=O)c3cc(OC)ccc3OC)nc2-c2ccccc2)cc1. The molecule has 3 aromatic carbocycles. The number of benzene rings is 3. The quantitative estimate of drug-likeness (QED) is 0.264. The Hall–Kier alpha value is -4.17. The van der Waals surface area contributed by atoms with Crippen LogP contribution in [0.1, 0.15) is 23.2 Å². The number of hydrogen-bond acceptors (Lipinski definition) is 7. The molecule has 184 valence electrons. The average Bonchev–Trinajstić information content (AvgIpc) is 3.35. The van der Waals surface area contributed by atoms with Crippen LogP contribution < -0.4 is 19.5 Å². The van der Waals surface area contributed by atoms with E-state index in [1.807, 2.05) is 54.6 Å². The number of anilines is 1. The fourth-order valence-corrected chi connectivity index (χ4v) is 4.69. The smallest absolute Gasteiger partial charge is 0.226 e. The molecule has 1 amide bonds. The van der Waals surface area contributed by atoms with Crippen LogP contribution in [0, 0.1) is 0 Å². The first-order chi connectivity index (χ1) is 17.5. The van der Waals surface area contributed by atoms with Gasteiger partial charge in [-0.1, -0.05) is 41.7 Å². The summed E-state index contributed by atoms with van der Waals surface area (Å²) in [6.07, 6.45) is 0.0366. The largest absolute Gasteiger partial charge is 0.497 e. The number of thiazole rings is 1. The van der Waals surface area contributed by atoms with Crippen molar-refractivity contribution < 1.29 is 23.8 Å². The van der Waals surface area contributed by atoms with Crippen LogP contribution in [0.4, 0.5) is 5.13 Å². The summed E-state index contributed by atoms with van der Waals surface area (Å²) in [6.45, 7) is 0. The van der Waals surface area contributed by atoms with E-state index in [1.165, 1.54) is 25.6 Å². The van der Waals surface area contributed by atoms with E-state index in [0.717, 1.165) is 27.4 Å². The van der Waals surface area contributed by atoms with Gasteiger partial charge in [0.25, 0.3) is 0 Å². The maximum absolute atomic E-state index is 12.8. The molecule has 4 aromatic rings. The van der Waals surface area contributed by atoms with E-state index < -0.39 is 0 Å². The van der Waals surface area contributed by atoms with Crippen molar-refractivity contribution in [1.82, 2.24) is 4.98 Å². The third-order valence-corrected chi connectivity index (χ3v) is 6.58. The predicted octanol–water partition coefficient (Wildman–Crippen LogP) is 6.10. The number of nitrogens with one attached hydrogen (secondary N) is 1. The second-order valence-electron chi connectivity index (χ2n) is 7.83. The number of aromatic nitrogens is 1. The van der Waals surface area contributed by atoms with E-state index >= 15 is 0 Å². The molecule has 0 unspecified atom stereocenters. The fourth-order valence-electron chi connectivity index (χ4n) is 3.68. The molecule has 36 heavy (non-hydrogen) atoms. The van der Waals surface area contributed by atoms with E-state index in [-0.39, 0.29) is 24.5 Å². The van der Waals surface area contributed by atoms with Crippen molar-refractivity contribution >= 4 is 28.2 Å². The van der Waals surface area contributed by atoms with Crippen LogP contribution in [-0.2, 0) is 4.79 Å². The van der Waals surface area contributed by atoms with Gasteiger partial charge in [-0.05, 0) is 48.0 Å². The third-order valence-electron chi connectivity index (χ3n) is 5.56. The van der Waals surface area contributed by atoms with Crippen molar-refractivity contribution in [2.24, 2.45) is 0 Å². The molecule has 0 fully saturated rings. The van der Waals surface area contributed by atoms with Gasteiger partial charge in [-0.15, -0.1) is 0 Å². The van der Waals surface area contributed by atoms with E-state index in [4.69, 9.17) is 19.2 Å². The number of ether oxygens (including phenoxy) is 3. The van der Waals surface area contributed by atoms with Crippen molar-refractivity contribution in [1.29, 1.82) is 0 Å². The second kappa shape index (κ2) is 11.5. The van der Waals surface area contributed by atoms with E-state index in [1.54, 1.807) is 25.3 Å². The molecule has 0 atom stereocenters. The van der Waals surface area contributed by atoms with Gasteiger partial charge in [-0.2, -0.15) is 0 Å². The first-order valence-corrected chi connectivity index (χ1v) is 12.1. The molecule has 0 saturated heterocycles. The maximum Gasteiger partial charge on any atom is 0.226 e. The second-order valence-corrected chi connectivity index (χ2v) is 8.83. The zero-order valence-corrected chi connectivity index (χ0v) is 21.1. The van der Waals surface area contributed by atoms with Crippen LogP contribution in [0.25, 0.3) is 21.7 Å². The van der Waals surface area contributed by atoms with Crippen LogP contribution in [0.2, 0.25) is 0 Å². The van der Waals surface area contributed by atoms with Gasteiger partial charge in [0.15, 0.2) is 10.9 Å². The average molecular weight is 503 g/mol. The van der Waals surface area contributed by atoms with Crippen LogP contribution >= 0.6 is 11.3 Å². The highest BCUT2D eigenvalue weighted by atomic mass is 32.1. The van der Waals surface area contributed by atoms with Gasteiger partial charge in [-0.25, -0.2) is 4.98 Å². The highest BCUT2D eigenvalue weighted by Crippen LogP contribution is 2.39. The number of ketones is 1. The molecule has 0 radical (unpaired) electrons. The number of nitrogens with zero attached hydrogens (tertiary/aromatic N) is 1. The number of amides is 1. The van der Waals surface area contributed by atoms with Crippen LogP contribution in [0.5, 0.6) is 17.2 Å². The first kappa shape index (κ1) is 24.9. The van der Waals surface area contributed by atoms with Crippen LogP contribution in [-0.4, -0.2) is 38.0 Å². The molecular formula is C28H26N2O5S. The van der Waals surface area contributed by atoms with E-state index in [9.17, 15) is 9.59 Å². The van der Waals surface area contributed by atoms with Crippen molar-refractivity contribution in [2.45, 2.75) is 12.8 Å². The van der Waals surface area contributed by atoms with Gasteiger partial charge in [0, 0.05) is 18.4 Å². The Morgan fingerprint density at radius 2 is 1.50 bits per heavy atom. The molecule has 0 bridgehead atoms. The summed E-state index contributed by atoms with van der Waals surface area (Å²) < 4.78 is 15.8. The third kappa shape index (κ3) is 5.72. The summed E-state index contributed by atoms with van der Waals surface area (Å²) in [5.74, 6) is 1.25. The highest BCUT2D eigenvalue weighted by Gasteiger charge is 2.19. The number of Topliss-reactive ketones (excluding diaryl/α,β-unsaturated/α-hetero) is 1. The number of carbonyl (C=O) groups excluding carboxylic acids is 2. The Kier molecular flexibility index (Phi) is 7.97. The summed E-state index contributed by atoms with van der Waals surface area (Å²) in [4.78, 5) is 31.2. The van der Waals surface area contributed by atoms with Gasteiger partial charge in [0.1, 0.15) is 17.2 Å². The summed E-state index contributed by atoms with van der Waals surface area (Å²) >= 11 is 1.39. The minimum atomic E-state index is -0.292. The van der Waals surface area contributed by atoms with Gasteiger partial charge >= 0.3 is 0 Å². The molecule has 0 aliphatic rings. The van der Waals surface area contributed by atoms with Crippen molar-refractivity contribution in [3.05, 3.63) is 78.4 Å². The molecule has 0 aliphatic heterocycles. The molecule has 1 N–H and O–H groups in total. The Balaban J connectivity index is 1.51. The normalized spacial score (nSPS) is 10.5. The lowest BCUT2D eigenvalue weighted by Gasteiger charge is -2.09. The van der Waals surface area contributed by atoms with Crippen molar-refractivity contribution in [2.75, 3.05) is 26.6 Å². The van der Waals surface area contributed by atoms with Gasteiger partial charge < -0.3 is 19.5 Å². The molecule has 7 nitrogen and oxygen atoms in total. The molecular weight excluding hydrogens is 476 g/mol. The zero-order chi connectivity index (χ0) is 25.5. The summed E-state index contributed by atoms with van der Waals surface area (Å²) in [7, 11) is 4.65. The van der Waals surface area contributed by atoms with Crippen LogP contribution in [0.15, 0.2) is 72.8 Å². The van der Waals surface area contributed by atoms with E-state index in [2.05, 4.69) is 5.32 Å².